The lowest BCUT2D eigenvalue weighted by molar-refractivity contribution is -0.117. The van der Waals surface area contributed by atoms with E-state index in [4.69, 9.17) is 4.74 Å². The quantitative estimate of drug-likeness (QED) is 0.786. The lowest BCUT2D eigenvalue weighted by Gasteiger charge is -2.13. The topological polar surface area (TPSA) is 38.3 Å². The third-order valence-corrected chi connectivity index (χ3v) is 2.95. The minimum absolute atomic E-state index is 0.0931. The van der Waals surface area contributed by atoms with Gasteiger partial charge in [0, 0.05) is 0 Å². The van der Waals surface area contributed by atoms with Crippen molar-refractivity contribution in [2.24, 2.45) is 0 Å². The van der Waals surface area contributed by atoms with E-state index in [1.165, 1.54) is 11.6 Å². The number of hydrogen-bond acceptors (Lipinski definition) is 2. The molecule has 3 nitrogen and oxygen atoms in total. The van der Waals surface area contributed by atoms with Crippen LogP contribution in [0.15, 0.2) is 30.9 Å². The highest BCUT2D eigenvalue weighted by Crippen LogP contribution is 2.36. The second-order valence-electron chi connectivity index (χ2n) is 3.83. The summed E-state index contributed by atoms with van der Waals surface area (Å²) in [5, 5.41) is 2.92. The van der Waals surface area contributed by atoms with E-state index in [1.807, 2.05) is 18.2 Å². The molecular weight excluding hydrogens is 202 g/mol. The molecule has 0 radical (unpaired) electrons. The molecule has 0 saturated carbocycles. The number of fused-ring (bicyclic) bond motifs is 1. The van der Waals surface area contributed by atoms with E-state index in [9.17, 15) is 4.79 Å². The molecule has 1 aromatic rings. The fourth-order valence-corrected chi connectivity index (χ4v) is 2.19. The maximum absolute atomic E-state index is 11.3. The third kappa shape index (κ3) is 1.81. The summed E-state index contributed by atoms with van der Waals surface area (Å²) in [5.74, 6) is 0.786. The molecule has 0 spiro atoms. The highest BCUT2D eigenvalue weighted by Gasteiger charge is 2.25. The van der Waals surface area contributed by atoms with Crippen LogP contribution < -0.4 is 10.1 Å². The molecule has 1 unspecified atom stereocenters. The average Bonchev–Trinajstić information content (AvgIpc) is 2.72. The van der Waals surface area contributed by atoms with Crippen LogP contribution in [-0.4, -0.2) is 13.0 Å². The second-order valence-corrected chi connectivity index (χ2v) is 3.83. The van der Waals surface area contributed by atoms with E-state index in [0.29, 0.717) is 0 Å². The zero-order valence-electron chi connectivity index (χ0n) is 9.32. The molecule has 1 amide bonds. The summed E-state index contributed by atoms with van der Waals surface area (Å²) in [5.41, 5.74) is 2.37. The van der Waals surface area contributed by atoms with E-state index in [0.717, 1.165) is 24.2 Å². The van der Waals surface area contributed by atoms with Crippen LogP contribution in [0.1, 0.15) is 23.6 Å². The first-order valence-electron chi connectivity index (χ1n) is 5.35. The average molecular weight is 217 g/mol. The predicted octanol–water partition coefficient (Wildman–Crippen LogP) is 1.98. The monoisotopic (exact) mass is 217 g/mol. The van der Waals surface area contributed by atoms with Crippen LogP contribution >= 0.6 is 0 Å². The number of rotatable bonds is 3. The van der Waals surface area contributed by atoms with Crippen LogP contribution in [0.25, 0.3) is 0 Å². The fourth-order valence-electron chi connectivity index (χ4n) is 2.19. The summed E-state index contributed by atoms with van der Waals surface area (Å²) in [6.45, 7) is 3.46. The molecule has 0 aliphatic heterocycles. The Morgan fingerprint density at radius 1 is 1.62 bits per heavy atom. The number of hydrogen-bond donors (Lipinski definition) is 1. The Morgan fingerprint density at radius 3 is 3.12 bits per heavy atom. The van der Waals surface area contributed by atoms with E-state index >= 15 is 0 Å². The highest BCUT2D eigenvalue weighted by atomic mass is 16.5. The van der Waals surface area contributed by atoms with Crippen molar-refractivity contribution in [3.63, 3.8) is 0 Å². The van der Waals surface area contributed by atoms with Crippen molar-refractivity contribution in [3.8, 4) is 5.75 Å². The molecule has 84 valence electrons. The van der Waals surface area contributed by atoms with E-state index in [2.05, 4.69) is 11.9 Å². The largest absolute Gasteiger partial charge is 0.496 e. The lowest BCUT2D eigenvalue weighted by Crippen LogP contribution is -2.24. The number of carbonyl (C=O) groups excluding carboxylic acids is 1. The number of methoxy groups -OCH3 is 1. The van der Waals surface area contributed by atoms with Crippen molar-refractivity contribution in [2.45, 2.75) is 18.9 Å². The van der Waals surface area contributed by atoms with Gasteiger partial charge in [0.15, 0.2) is 0 Å². The molecule has 2 rings (SSSR count). The first-order chi connectivity index (χ1) is 7.76. The van der Waals surface area contributed by atoms with Crippen molar-refractivity contribution in [2.75, 3.05) is 7.11 Å². The van der Waals surface area contributed by atoms with Crippen LogP contribution in [0.3, 0.4) is 0 Å². The van der Waals surface area contributed by atoms with E-state index < -0.39 is 0 Å². The van der Waals surface area contributed by atoms with Crippen molar-refractivity contribution in [1.82, 2.24) is 5.32 Å². The maximum Gasteiger partial charge on any atom is 0.243 e. The minimum atomic E-state index is -0.124. The molecule has 1 atom stereocenters. The van der Waals surface area contributed by atoms with Crippen molar-refractivity contribution >= 4 is 5.91 Å². The minimum Gasteiger partial charge on any atom is -0.496 e. The predicted molar refractivity (Wildman–Crippen MR) is 62.4 cm³/mol. The molecule has 16 heavy (non-hydrogen) atoms. The van der Waals surface area contributed by atoms with Crippen LogP contribution in [0.5, 0.6) is 5.75 Å². The molecule has 1 aliphatic carbocycles. The molecule has 0 saturated heterocycles. The molecule has 0 bridgehead atoms. The lowest BCUT2D eigenvalue weighted by atomic mass is 10.1. The van der Waals surface area contributed by atoms with Gasteiger partial charge in [-0.1, -0.05) is 18.7 Å². The Labute approximate surface area is 95.1 Å². The molecular formula is C13H15NO2. The Balaban J connectivity index is 2.26. The molecule has 1 aliphatic rings. The highest BCUT2D eigenvalue weighted by molar-refractivity contribution is 5.87. The SMILES string of the molecule is C=CC(=O)NC1CCc2c(OC)cccc21. The first-order valence-corrected chi connectivity index (χ1v) is 5.35. The normalized spacial score (nSPS) is 17.7. The number of amides is 1. The van der Waals surface area contributed by atoms with Crippen molar-refractivity contribution < 1.29 is 9.53 Å². The van der Waals surface area contributed by atoms with Gasteiger partial charge in [0.2, 0.25) is 5.91 Å². The Morgan fingerprint density at radius 2 is 2.44 bits per heavy atom. The summed E-state index contributed by atoms with van der Waals surface area (Å²) in [6, 6.07) is 6.04. The zero-order chi connectivity index (χ0) is 11.5. The Bertz CT molecular complexity index is 426. The number of ether oxygens (including phenoxy) is 1. The number of carbonyl (C=O) groups is 1. The summed E-state index contributed by atoms with van der Waals surface area (Å²) in [7, 11) is 1.67. The summed E-state index contributed by atoms with van der Waals surface area (Å²) in [6.07, 6.45) is 3.18. The summed E-state index contributed by atoms with van der Waals surface area (Å²) < 4.78 is 5.30. The van der Waals surface area contributed by atoms with E-state index in [1.54, 1.807) is 7.11 Å². The van der Waals surface area contributed by atoms with Gasteiger partial charge < -0.3 is 10.1 Å². The Hall–Kier alpha value is -1.77. The molecule has 1 N–H and O–H groups in total. The summed E-state index contributed by atoms with van der Waals surface area (Å²) in [4.78, 5) is 11.3. The first kappa shape index (κ1) is 10.7. The van der Waals surface area contributed by atoms with Gasteiger partial charge in [-0.05, 0) is 36.1 Å². The summed E-state index contributed by atoms with van der Waals surface area (Å²) >= 11 is 0. The third-order valence-electron chi connectivity index (χ3n) is 2.95. The smallest absolute Gasteiger partial charge is 0.243 e. The Kier molecular flexibility index (Phi) is 2.95. The molecule has 3 heteroatoms. The maximum atomic E-state index is 11.3. The second kappa shape index (κ2) is 4.39. The molecule has 1 aromatic carbocycles. The van der Waals surface area contributed by atoms with Gasteiger partial charge in [0.1, 0.15) is 5.75 Å². The van der Waals surface area contributed by atoms with Gasteiger partial charge in [0.05, 0.1) is 13.2 Å². The van der Waals surface area contributed by atoms with Gasteiger partial charge in [-0.25, -0.2) is 0 Å². The molecule has 0 aromatic heterocycles. The van der Waals surface area contributed by atoms with Gasteiger partial charge in [-0.15, -0.1) is 0 Å². The molecule has 0 heterocycles. The van der Waals surface area contributed by atoms with Gasteiger partial charge in [-0.3, -0.25) is 4.79 Å². The van der Waals surface area contributed by atoms with Crippen LogP contribution in [0.4, 0.5) is 0 Å². The molecule has 0 fully saturated rings. The zero-order valence-corrected chi connectivity index (χ0v) is 9.32. The van der Waals surface area contributed by atoms with Crippen molar-refractivity contribution in [3.05, 3.63) is 42.0 Å². The fraction of sp³-hybridized carbons (Fsp3) is 0.308. The van der Waals surface area contributed by atoms with Gasteiger partial charge >= 0.3 is 0 Å². The standard InChI is InChI=1S/C13H15NO2/c1-3-13(15)14-11-8-7-10-9(11)5-4-6-12(10)16-2/h3-6,11H,1,7-8H2,2H3,(H,14,15). The van der Waals surface area contributed by atoms with Crippen LogP contribution in [0.2, 0.25) is 0 Å². The van der Waals surface area contributed by atoms with Crippen LogP contribution in [-0.2, 0) is 11.2 Å². The number of benzene rings is 1. The number of nitrogens with one attached hydrogen (secondary N) is 1. The van der Waals surface area contributed by atoms with E-state index in [-0.39, 0.29) is 11.9 Å². The van der Waals surface area contributed by atoms with Crippen molar-refractivity contribution in [1.29, 1.82) is 0 Å². The van der Waals surface area contributed by atoms with Crippen LogP contribution in [0, 0.1) is 0 Å². The van der Waals surface area contributed by atoms with Gasteiger partial charge in [-0.2, -0.15) is 0 Å². The van der Waals surface area contributed by atoms with Gasteiger partial charge in [0.25, 0.3) is 0 Å².